The summed E-state index contributed by atoms with van der Waals surface area (Å²) in [4.78, 5) is 28.6. The summed E-state index contributed by atoms with van der Waals surface area (Å²) in [5, 5.41) is 2.81. The van der Waals surface area contributed by atoms with Crippen LogP contribution >= 0.6 is 0 Å². The van der Waals surface area contributed by atoms with Crippen molar-refractivity contribution in [2.45, 2.75) is 51.4 Å². The van der Waals surface area contributed by atoms with Crippen LogP contribution in [0.3, 0.4) is 0 Å². The monoisotopic (exact) mass is 414 g/mol. The van der Waals surface area contributed by atoms with Crippen molar-refractivity contribution in [3.8, 4) is 5.75 Å². The fraction of sp³-hybridized carbons (Fsp3) is 0.409. The molecule has 1 aromatic heterocycles. The molecule has 0 aliphatic heterocycles. The van der Waals surface area contributed by atoms with Gasteiger partial charge in [0.25, 0.3) is 5.91 Å². The molecule has 0 fully saturated rings. The van der Waals surface area contributed by atoms with Crippen molar-refractivity contribution in [3.63, 3.8) is 0 Å². The summed E-state index contributed by atoms with van der Waals surface area (Å²) < 4.78 is 11.1. The predicted molar refractivity (Wildman–Crippen MR) is 115 cm³/mol. The van der Waals surface area contributed by atoms with Gasteiger partial charge in [-0.25, -0.2) is 4.79 Å². The van der Waals surface area contributed by atoms with Gasteiger partial charge in [0.05, 0.1) is 7.11 Å². The Kier molecular flexibility index (Phi) is 7.19. The molecule has 7 heteroatoms. The first-order valence-corrected chi connectivity index (χ1v) is 12.5. The second-order valence-electron chi connectivity index (χ2n) is 8.47. The summed E-state index contributed by atoms with van der Waals surface area (Å²) in [6.45, 7) is 11.0. The highest BCUT2D eigenvalue weighted by Crippen LogP contribution is 2.37. The number of pyridine rings is 1. The zero-order valence-electron chi connectivity index (χ0n) is 18.0. The van der Waals surface area contributed by atoms with Gasteiger partial charge >= 0.3 is 5.97 Å². The molecule has 1 aromatic carbocycles. The van der Waals surface area contributed by atoms with Crippen LogP contribution in [-0.4, -0.2) is 38.3 Å². The number of nitrogens with one attached hydrogen (secondary N) is 1. The normalized spacial score (nSPS) is 12.8. The molecule has 0 bridgehead atoms. The van der Waals surface area contributed by atoms with Gasteiger partial charge in [-0.15, -0.1) is 0 Å². The molecule has 0 saturated carbocycles. The van der Waals surface area contributed by atoms with Gasteiger partial charge in [0.1, 0.15) is 17.5 Å². The maximum atomic E-state index is 12.4. The summed E-state index contributed by atoms with van der Waals surface area (Å²) in [6.07, 6.45) is 1.84. The highest BCUT2D eigenvalue weighted by atomic mass is 28.4. The Hall–Kier alpha value is -2.67. The van der Waals surface area contributed by atoms with E-state index < -0.39 is 26.2 Å². The van der Waals surface area contributed by atoms with Crippen LogP contribution in [0.5, 0.6) is 5.75 Å². The van der Waals surface area contributed by atoms with Gasteiger partial charge in [-0.3, -0.25) is 9.78 Å². The summed E-state index contributed by atoms with van der Waals surface area (Å²) in [6, 6.07) is 11.9. The number of hydrogen-bond acceptors (Lipinski definition) is 5. The van der Waals surface area contributed by atoms with Crippen molar-refractivity contribution < 1.29 is 18.8 Å². The number of esters is 1. The van der Waals surface area contributed by atoms with Crippen LogP contribution in [0.1, 0.15) is 36.8 Å². The van der Waals surface area contributed by atoms with Gasteiger partial charge in [0.15, 0.2) is 0 Å². The maximum absolute atomic E-state index is 12.4. The largest absolute Gasteiger partial charge is 0.544 e. The Morgan fingerprint density at radius 1 is 1.10 bits per heavy atom. The van der Waals surface area contributed by atoms with Crippen molar-refractivity contribution >= 4 is 20.2 Å². The molecule has 1 amide bonds. The molecule has 0 spiro atoms. The van der Waals surface area contributed by atoms with Crippen LogP contribution in [0.2, 0.25) is 18.1 Å². The van der Waals surface area contributed by atoms with Crippen LogP contribution in [0, 0.1) is 0 Å². The van der Waals surface area contributed by atoms with E-state index in [2.05, 4.69) is 44.2 Å². The number of rotatable bonds is 7. The lowest BCUT2D eigenvalue weighted by atomic mass is 10.1. The van der Waals surface area contributed by atoms with E-state index in [1.165, 1.54) is 13.3 Å². The topological polar surface area (TPSA) is 77.5 Å². The van der Waals surface area contributed by atoms with Gasteiger partial charge in [-0.05, 0) is 48.0 Å². The van der Waals surface area contributed by atoms with E-state index in [-0.39, 0.29) is 10.7 Å². The molecule has 1 heterocycles. The highest BCUT2D eigenvalue weighted by molar-refractivity contribution is 6.74. The van der Waals surface area contributed by atoms with Crippen LogP contribution in [0.15, 0.2) is 48.7 Å². The van der Waals surface area contributed by atoms with Gasteiger partial charge in [0, 0.05) is 12.6 Å². The van der Waals surface area contributed by atoms with E-state index in [1.54, 1.807) is 18.2 Å². The number of carbonyl (C=O) groups excluding carboxylic acids is 2. The SMILES string of the molecule is COC(=O)[C@H](Cc1ccc(O[Si](C)(C)C(C)(C)C)cc1)NC(=O)c1ccccn1. The molecule has 0 radical (unpaired) electrons. The highest BCUT2D eigenvalue weighted by Gasteiger charge is 2.38. The molecule has 29 heavy (non-hydrogen) atoms. The van der Waals surface area contributed by atoms with Crippen LogP contribution in [0.25, 0.3) is 0 Å². The first kappa shape index (κ1) is 22.6. The third-order valence-electron chi connectivity index (χ3n) is 5.23. The van der Waals surface area contributed by atoms with Gasteiger partial charge in [-0.2, -0.15) is 0 Å². The molecule has 156 valence electrons. The summed E-state index contributed by atoms with van der Waals surface area (Å²) in [7, 11) is -0.612. The Bertz CT molecular complexity index is 830. The van der Waals surface area contributed by atoms with E-state index in [1.807, 2.05) is 24.3 Å². The fourth-order valence-corrected chi connectivity index (χ4v) is 3.47. The second kappa shape index (κ2) is 9.22. The zero-order valence-corrected chi connectivity index (χ0v) is 19.0. The predicted octanol–water partition coefficient (Wildman–Crippen LogP) is 3.98. The molecule has 0 saturated heterocycles. The van der Waals surface area contributed by atoms with E-state index in [0.717, 1.165) is 11.3 Å². The van der Waals surface area contributed by atoms with E-state index in [9.17, 15) is 9.59 Å². The Labute approximate surface area is 173 Å². The lowest BCUT2D eigenvalue weighted by Crippen LogP contribution is -2.44. The molecule has 1 N–H and O–H groups in total. The summed E-state index contributed by atoms with van der Waals surface area (Å²) >= 11 is 0. The minimum Gasteiger partial charge on any atom is -0.544 e. The minimum atomic E-state index is -1.92. The fourth-order valence-electron chi connectivity index (χ4n) is 2.44. The first-order valence-electron chi connectivity index (χ1n) is 9.61. The molecule has 6 nitrogen and oxygen atoms in total. The summed E-state index contributed by atoms with van der Waals surface area (Å²) in [5.41, 5.74) is 1.14. The maximum Gasteiger partial charge on any atom is 0.328 e. The zero-order chi connectivity index (χ0) is 21.7. The standard InChI is InChI=1S/C22H30N2O4Si/c1-22(2,3)29(5,6)28-17-12-10-16(11-13-17)15-19(21(26)27-4)24-20(25)18-9-7-8-14-23-18/h7-14,19H,15H2,1-6H3,(H,24,25)/t19-/m0/s1. The lowest BCUT2D eigenvalue weighted by Gasteiger charge is -2.36. The third kappa shape index (κ3) is 6.15. The number of amides is 1. The molecule has 0 aliphatic carbocycles. The second-order valence-corrected chi connectivity index (χ2v) is 13.2. The minimum absolute atomic E-state index is 0.109. The Balaban J connectivity index is 2.09. The molecule has 0 unspecified atom stereocenters. The third-order valence-corrected chi connectivity index (χ3v) is 9.59. The number of hydrogen-bond donors (Lipinski definition) is 1. The average Bonchev–Trinajstić information content (AvgIpc) is 2.67. The average molecular weight is 415 g/mol. The number of benzene rings is 1. The molecular formula is C22H30N2O4Si. The van der Waals surface area contributed by atoms with Crippen molar-refractivity contribution in [1.29, 1.82) is 0 Å². The Morgan fingerprint density at radius 2 is 1.76 bits per heavy atom. The number of ether oxygens (including phenoxy) is 1. The number of aromatic nitrogens is 1. The van der Waals surface area contributed by atoms with Crippen molar-refractivity contribution in [3.05, 3.63) is 59.9 Å². The number of nitrogens with zero attached hydrogens (tertiary/aromatic N) is 1. The van der Waals surface area contributed by atoms with Gasteiger partial charge in [-0.1, -0.05) is 39.0 Å². The van der Waals surface area contributed by atoms with Crippen molar-refractivity contribution in [2.24, 2.45) is 0 Å². The molecular weight excluding hydrogens is 384 g/mol. The lowest BCUT2D eigenvalue weighted by molar-refractivity contribution is -0.142. The van der Waals surface area contributed by atoms with Crippen molar-refractivity contribution in [1.82, 2.24) is 10.3 Å². The summed E-state index contributed by atoms with van der Waals surface area (Å²) in [5.74, 6) is -0.109. The number of methoxy groups -OCH3 is 1. The molecule has 2 aromatic rings. The molecule has 2 rings (SSSR count). The Morgan fingerprint density at radius 3 is 2.28 bits per heavy atom. The van der Waals surface area contributed by atoms with E-state index in [4.69, 9.17) is 9.16 Å². The van der Waals surface area contributed by atoms with Gasteiger partial charge < -0.3 is 14.5 Å². The quantitative estimate of drug-likeness (QED) is 0.548. The van der Waals surface area contributed by atoms with Crippen LogP contribution < -0.4 is 9.74 Å². The van der Waals surface area contributed by atoms with Gasteiger partial charge in [0.2, 0.25) is 8.32 Å². The number of carbonyl (C=O) groups is 2. The van der Waals surface area contributed by atoms with Crippen LogP contribution in [0.4, 0.5) is 0 Å². The van der Waals surface area contributed by atoms with Crippen LogP contribution in [-0.2, 0) is 16.0 Å². The smallest absolute Gasteiger partial charge is 0.328 e. The molecule has 1 atom stereocenters. The van der Waals surface area contributed by atoms with E-state index >= 15 is 0 Å². The molecule has 0 aliphatic rings. The van der Waals surface area contributed by atoms with Crippen molar-refractivity contribution in [2.75, 3.05) is 7.11 Å². The first-order chi connectivity index (χ1) is 13.5. The van der Waals surface area contributed by atoms with E-state index in [0.29, 0.717) is 6.42 Å².